The number of aromatic nitrogens is 2. The topological polar surface area (TPSA) is 44.2 Å². The highest BCUT2D eigenvalue weighted by Gasteiger charge is 2.12. The van der Waals surface area contributed by atoms with Crippen LogP contribution in [0.1, 0.15) is 4.88 Å². The lowest BCUT2D eigenvalue weighted by molar-refractivity contribution is 0.375. The minimum Gasteiger partial charge on any atom is -0.493 e. The summed E-state index contributed by atoms with van der Waals surface area (Å²) < 4.78 is 11.1. The maximum atomic E-state index is 5.94. The molecule has 3 aromatic rings. The summed E-state index contributed by atoms with van der Waals surface area (Å²) in [5, 5.41) is 1.49. The minimum atomic E-state index is 0.514. The maximum absolute atomic E-state index is 5.94. The lowest BCUT2D eigenvalue weighted by atomic mass is 10.3. The Morgan fingerprint density at radius 3 is 2.80 bits per heavy atom. The van der Waals surface area contributed by atoms with Gasteiger partial charge < -0.3 is 9.47 Å². The Labute approximate surface area is 125 Å². The van der Waals surface area contributed by atoms with Crippen LogP contribution in [0.4, 0.5) is 0 Å². The van der Waals surface area contributed by atoms with Gasteiger partial charge in [-0.1, -0.05) is 11.6 Å². The number of halogens is 1. The average molecular weight is 307 g/mol. The number of ether oxygens (including phenoxy) is 2. The number of fused-ring (bicyclic) bond motifs is 1. The zero-order valence-corrected chi connectivity index (χ0v) is 12.5. The first-order valence-electron chi connectivity index (χ1n) is 5.90. The predicted octanol–water partition coefficient (Wildman–Crippen LogP) is 4.45. The largest absolute Gasteiger partial charge is 0.493 e. The fourth-order valence-electron chi connectivity index (χ4n) is 1.87. The molecule has 2 aromatic heterocycles. The van der Waals surface area contributed by atoms with Crippen molar-refractivity contribution in [2.45, 2.75) is 6.92 Å². The van der Waals surface area contributed by atoms with Gasteiger partial charge in [0, 0.05) is 16.0 Å². The first-order chi connectivity index (χ1) is 9.67. The molecule has 0 fully saturated rings. The van der Waals surface area contributed by atoms with E-state index in [2.05, 4.69) is 9.97 Å². The number of hydrogen-bond acceptors (Lipinski definition) is 5. The lowest BCUT2D eigenvalue weighted by Crippen LogP contribution is -1.93. The van der Waals surface area contributed by atoms with Gasteiger partial charge in [-0.3, -0.25) is 0 Å². The van der Waals surface area contributed by atoms with Crippen LogP contribution in [0.25, 0.3) is 10.2 Å². The fraction of sp³-hybridized carbons (Fsp3) is 0.143. The molecule has 0 N–H and O–H groups in total. The Bertz CT molecular complexity index is 773. The molecule has 3 rings (SSSR count). The standard InChI is InChI=1S/C14H11ClN2O2S/c1-8-5-10-13(16-7-17-14(10)20-8)19-11-4-3-9(15)6-12(11)18-2/h3-7H,1-2H3. The van der Waals surface area contributed by atoms with E-state index in [4.69, 9.17) is 21.1 Å². The number of benzene rings is 1. The van der Waals surface area contributed by atoms with Crippen LogP contribution in [-0.4, -0.2) is 17.1 Å². The van der Waals surface area contributed by atoms with Crippen molar-refractivity contribution in [2.75, 3.05) is 7.11 Å². The van der Waals surface area contributed by atoms with Crippen LogP contribution in [0.2, 0.25) is 5.02 Å². The molecule has 0 bridgehead atoms. The number of thiophene rings is 1. The van der Waals surface area contributed by atoms with Gasteiger partial charge in [0.25, 0.3) is 0 Å². The first-order valence-corrected chi connectivity index (χ1v) is 7.09. The molecule has 0 unspecified atom stereocenters. The van der Waals surface area contributed by atoms with Gasteiger partial charge in [0.2, 0.25) is 5.88 Å². The molecule has 0 amide bonds. The van der Waals surface area contributed by atoms with Crippen LogP contribution in [-0.2, 0) is 0 Å². The summed E-state index contributed by atoms with van der Waals surface area (Å²) in [6.07, 6.45) is 1.50. The van der Waals surface area contributed by atoms with Crippen LogP contribution in [0.3, 0.4) is 0 Å². The number of methoxy groups -OCH3 is 1. The van der Waals surface area contributed by atoms with Gasteiger partial charge >= 0.3 is 0 Å². The van der Waals surface area contributed by atoms with Crippen molar-refractivity contribution >= 4 is 33.2 Å². The summed E-state index contributed by atoms with van der Waals surface area (Å²) >= 11 is 7.54. The van der Waals surface area contributed by atoms with Gasteiger partial charge in [0.15, 0.2) is 11.5 Å². The fourth-order valence-corrected chi connectivity index (χ4v) is 2.87. The molecule has 1 aromatic carbocycles. The van der Waals surface area contributed by atoms with E-state index in [0.29, 0.717) is 22.4 Å². The van der Waals surface area contributed by atoms with Gasteiger partial charge in [0.05, 0.1) is 12.5 Å². The van der Waals surface area contributed by atoms with E-state index < -0.39 is 0 Å². The molecule has 6 heteroatoms. The monoisotopic (exact) mass is 306 g/mol. The molecule has 0 aliphatic carbocycles. The van der Waals surface area contributed by atoms with Crippen molar-refractivity contribution in [3.05, 3.63) is 40.5 Å². The molecule has 0 radical (unpaired) electrons. The SMILES string of the molecule is COc1cc(Cl)ccc1Oc1ncnc2sc(C)cc12. The van der Waals surface area contributed by atoms with Crippen molar-refractivity contribution in [2.24, 2.45) is 0 Å². The molecule has 0 aliphatic heterocycles. The second kappa shape index (κ2) is 5.26. The summed E-state index contributed by atoms with van der Waals surface area (Å²) in [7, 11) is 1.57. The van der Waals surface area contributed by atoms with E-state index in [9.17, 15) is 0 Å². The predicted molar refractivity (Wildman–Crippen MR) is 80.2 cm³/mol. The second-order valence-electron chi connectivity index (χ2n) is 4.15. The van der Waals surface area contributed by atoms with Gasteiger partial charge in [-0.25, -0.2) is 9.97 Å². The smallest absolute Gasteiger partial charge is 0.231 e. The highest BCUT2D eigenvalue weighted by atomic mass is 35.5. The third-order valence-electron chi connectivity index (χ3n) is 2.75. The van der Waals surface area contributed by atoms with Crippen LogP contribution in [0.5, 0.6) is 17.4 Å². The molecule has 0 saturated carbocycles. The maximum Gasteiger partial charge on any atom is 0.231 e. The van der Waals surface area contributed by atoms with Crippen molar-refractivity contribution in [3.63, 3.8) is 0 Å². The molecule has 0 aliphatic rings. The molecule has 0 atom stereocenters. The lowest BCUT2D eigenvalue weighted by Gasteiger charge is -2.10. The van der Waals surface area contributed by atoms with Crippen molar-refractivity contribution < 1.29 is 9.47 Å². The Kier molecular flexibility index (Phi) is 3.46. The zero-order valence-electron chi connectivity index (χ0n) is 10.9. The number of rotatable bonds is 3. The van der Waals surface area contributed by atoms with Gasteiger partial charge in [0.1, 0.15) is 11.2 Å². The van der Waals surface area contributed by atoms with E-state index in [1.807, 2.05) is 13.0 Å². The first kappa shape index (κ1) is 13.1. The summed E-state index contributed by atoms with van der Waals surface area (Å²) in [4.78, 5) is 10.5. The average Bonchev–Trinajstić information content (AvgIpc) is 2.82. The quantitative estimate of drug-likeness (QED) is 0.717. The molecule has 102 valence electrons. The molecular weight excluding hydrogens is 296 g/mol. The van der Waals surface area contributed by atoms with Gasteiger partial charge in [-0.05, 0) is 25.1 Å². The number of aryl methyl sites for hydroxylation is 1. The van der Waals surface area contributed by atoms with E-state index >= 15 is 0 Å². The van der Waals surface area contributed by atoms with Crippen LogP contribution in [0.15, 0.2) is 30.6 Å². The van der Waals surface area contributed by atoms with Gasteiger partial charge in [-0.15, -0.1) is 11.3 Å². The Morgan fingerprint density at radius 2 is 2.00 bits per heavy atom. The normalized spacial score (nSPS) is 10.8. The summed E-state index contributed by atoms with van der Waals surface area (Å²) in [5.41, 5.74) is 0. The third kappa shape index (κ3) is 2.42. The molecule has 4 nitrogen and oxygen atoms in total. The summed E-state index contributed by atoms with van der Waals surface area (Å²) in [5.74, 6) is 1.65. The van der Waals surface area contributed by atoms with Crippen molar-refractivity contribution in [1.29, 1.82) is 0 Å². The number of hydrogen-bond donors (Lipinski definition) is 0. The Morgan fingerprint density at radius 1 is 1.15 bits per heavy atom. The molecule has 0 spiro atoms. The van der Waals surface area contributed by atoms with Crippen LogP contribution in [0, 0.1) is 6.92 Å². The molecule has 0 saturated heterocycles. The van der Waals surface area contributed by atoms with E-state index in [1.54, 1.807) is 36.6 Å². The third-order valence-corrected chi connectivity index (χ3v) is 3.94. The summed E-state index contributed by atoms with van der Waals surface area (Å²) in [6, 6.07) is 7.22. The summed E-state index contributed by atoms with van der Waals surface area (Å²) in [6.45, 7) is 2.03. The van der Waals surface area contributed by atoms with E-state index in [-0.39, 0.29) is 0 Å². The molecular formula is C14H11ClN2O2S. The van der Waals surface area contributed by atoms with Crippen LogP contribution < -0.4 is 9.47 Å². The Balaban J connectivity index is 2.05. The minimum absolute atomic E-state index is 0.514. The van der Waals surface area contributed by atoms with E-state index in [0.717, 1.165) is 15.1 Å². The molecule has 2 heterocycles. The second-order valence-corrected chi connectivity index (χ2v) is 5.82. The van der Waals surface area contributed by atoms with Crippen LogP contribution >= 0.6 is 22.9 Å². The molecule has 20 heavy (non-hydrogen) atoms. The van der Waals surface area contributed by atoms with Crippen molar-refractivity contribution in [1.82, 2.24) is 9.97 Å². The Hall–Kier alpha value is -1.85. The zero-order chi connectivity index (χ0) is 14.1. The van der Waals surface area contributed by atoms with Crippen molar-refractivity contribution in [3.8, 4) is 17.4 Å². The highest BCUT2D eigenvalue weighted by molar-refractivity contribution is 7.18. The van der Waals surface area contributed by atoms with Gasteiger partial charge in [-0.2, -0.15) is 0 Å². The number of nitrogens with zero attached hydrogens (tertiary/aromatic N) is 2. The highest BCUT2D eigenvalue weighted by Crippen LogP contribution is 2.36. The van der Waals surface area contributed by atoms with E-state index in [1.165, 1.54) is 6.33 Å².